The average molecular weight is 469 g/mol. The number of pyridine rings is 2. The van der Waals surface area contributed by atoms with E-state index in [1.807, 2.05) is 43.3 Å². The molecule has 0 N–H and O–H groups in total. The fourth-order valence-electron chi connectivity index (χ4n) is 4.66. The number of hydrogen-bond donors (Lipinski definition) is 0. The maximum atomic E-state index is 6.32. The van der Waals surface area contributed by atoms with Crippen LogP contribution in [0.15, 0.2) is 66.9 Å². The Balaban J connectivity index is 1.09. The molecule has 7 heteroatoms. The highest BCUT2D eigenvalue weighted by Gasteiger charge is 2.22. The van der Waals surface area contributed by atoms with Crippen molar-refractivity contribution in [1.82, 2.24) is 14.9 Å². The minimum Gasteiger partial charge on any atom is -0.497 e. The van der Waals surface area contributed by atoms with Crippen molar-refractivity contribution in [1.29, 1.82) is 0 Å². The van der Waals surface area contributed by atoms with E-state index in [9.17, 15) is 0 Å². The first kappa shape index (κ1) is 21.5. The van der Waals surface area contributed by atoms with Gasteiger partial charge >= 0.3 is 0 Å². The van der Waals surface area contributed by atoms with Gasteiger partial charge in [-0.3, -0.25) is 4.98 Å². The summed E-state index contributed by atoms with van der Waals surface area (Å²) in [5.41, 5.74) is 2.90. The lowest BCUT2D eigenvalue weighted by Gasteiger charge is -2.35. The van der Waals surface area contributed by atoms with Crippen molar-refractivity contribution >= 4 is 27.6 Å². The van der Waals surface area contributed by atoms with Crippen molar-refractivity contribution < 1.29 is 14.2 Å². The third-order valence-corrected chi connectivity index (χ3v) is 6.63. The summed E-state index contributed by atoms with van der Waals surface area (Å²) in [7, 11) is 1.68. The highest BCUT2D eigenvalue weighted by molar-refractivity contribution is 5.88. The highest BCUT2D eigenvalue weighted by atomic mass is 16.6. The van der Waals surface area contributed by atoms with E-state index in [0.29, 0.717) is 6.61 Å². The summed E-state index contributed by atoms with van der Waals surface area (Å²) in [4.78, 5) is 14.1. The van der Waals surface area contributed by atoms with E-state index in [0.717, 1.165) is 76.7 Å². The average Bonchev–Trinajstić information content (AvgIpc) is 2.91. The number of hydrogen-bond acceptors (Lipinski definition) is 7. The molecule has 0 spiro atoms. The van der Waals surface area contributed by atoms with Crippen LogP contribution in [0.4, 0.5) is 5.82 Å². The zero-order valence-corrected chi connectivity index (χ0v) is 20.0. The van der Waals surface area contributed by atoms with Gasteiger partial charge in [-0.1, -0.05) is 0 Å². The van der Waals surface area contributed by atoms with E-state index >= 15 is 0 Å². The number of anilines is 1. The molecule has 2 aliphatic heterocycles. The topological polar surface area (TPSA) is 60.0 Å². The van der Waals surface area contributed by atoms with Crippen LogP contribution in [0.3, 0.4) is 0 Å². The van der Waals surface area contributed by atoms with Gasteiger partial charge in [0.25, 0.3) is 0 Å². The molecule has 1 unspecified atom stereocenters. The Morgan fingerprint density at radius 2 is 1.80 bits per heavy atom. The molecule has 6 rings (SSSR count). The molecule has 35 heavy (non-hydrogen) atoms. The Bertz CT molecular complexity index is 1410. The molecular formula is C28H28N4O3. The quantitative estimate of drug-likeness (QED) is 0.435. The number of methoxy groups -OCH3 is 1. The van der Waals surface area contributed by atoms with Crippen molar-refractivity contribution in [2.75, 3.05) is 44.8 Å². The number of piperazine rings is 1. The van der Waals surface area contributed by atoms with Gasteiger partial charge in [-0.15, -0.1) is 0 Å². The molecule has 2 aromatic carbocycles. The molecule has 2 aliphatic rings. The summed E-state index contributed by atoms with van der Waals surface area (Å²) < 4.78 is 17.6. The zero-order chi connectivity index (χ0) is 23.8. The second-order valence-corrected chi connectivity index (χ2v) is 8.97. The normalized spacial score (nSPS) is 17.9. The van der Waals surface area contributed by atoms with Gasteiger partial charge in [0.1, 0.15) is 18.2 Å². The third kappa shape index (κ3) is 4.30. The van der Waals surface area contributed by atoms with E-state index in [4.69, 9.17) is 19.2 Å². The molecule has 1 saturated heterocycles. The van der Waals surface area contributed by atoms with Crippen LogP contribution in [0, 0.1) is 6.92 Å². The van der Waals surface area contributed by atoms with Crippen LogP contribution in [0.2, 0.25) is 0 Å². The first-order chi connectivity index (χ1) is 17.2. The summed E-state index contributed by atoms with van der Waals surface area (Å²) >= 11 is 0. The lowest BCUT2D eigenvalue weighted by Crippen LogP contribution is -2.44. The molecule has 178 valence electrons. The van der Waals surface area contributed by atoms with Gasteiger partial charge in [0.05, 0.1) is 18.1 Å². The number of nitrogens with zero attached hydrogens (tertiary/aromatic N) is 4. The van der Waals surface area contributed by atoms with Crippen LogP contribution < -0.4 is 19.1 Å². The van der Waals surface area contributed by atoms with Crippen LogP contribution >= 0.6 is 0 Å². The van der Waals surface area contributed by atoms with Crippen molar-refractivity contribution in [2.24, 2.45) is 0 Å². The molecule has 1 fully saturated rings. The largest absolute Gasteiger partial charge is 0.497 e. The molecule has 4 aromatic rings. The number of rotatable bonds is 4. The van der Waals surface area contributed by atoms with Gasteiger partial charge in [0.2, 0.25) is 0 Å². The number of benzene rings is 2. The van der Waals surface area contributed by atoms with Crippen molar-refractivity contribution in [3.8, 4) is 17.2 Å². The van der Waals surface area contributed by atoms with Gasteiger partial charge in [0, 0.05) is 42.6 Å². The Hall–Kier alpha value is -4.00. The Morgan fingerprint density at radius 1 is 0.943 bits per heavy atom. The van der Waals surface area contributed by atoms with Crippen LogP contribution in [-0.4, -0.2) is 60.9 Å². The molecular weight excluding hydrogens is 440 g/mol. The number of fused-ring (bicyclic) bond motifs is 4. The molecule has 0 saturated carbocycles. The van der Waals surface area contributed by atoms with Crippen LogP contribution in [-0.2, 0) is 0 Å². The lowest BCUT2D eigenvalue weighted by atomic mass is 10.1. The van der Waals surface area contributed by atoms with E-state index < -0.39 is 0 Å². The van der Waals surface area contributed by atoms with Gasteiger partial charge in [-0.2, -0.15) is 0 Å². The molecule has 2 aromatic heterocycles. The number of aromatic nitrogens is 2. The summed E-state index contributed by atoms with van der Waals surface area (Å²) in [6, 6.07) is 18.2. The first-order valence-corrected chi connectivity index (χ1v) is 12.0. The Morgan fingerprint density at radius 3 is 2.66 bits per heavy atom. The summed E-state index contributed by atoms with van der Waals surface area (Å²) in [6.45, 7) is 6.18. The fraction of sp³-hybridized carbons (Fsp3) is 0.286. The van der Waals surface area contributed by atoms with E-state index in [1.54, 1.807) is 7.11 Å². The van der Waals surface area contributed by atoms with Gasteiger partial charge in [-0.05, 0) is 73.8 Å². The monoisotopic (exact) mass is 468 g/mol. The predicted octanol–water partition coefficient (Wildman–Crippen LogP) is 4.58. The second-order valence-electron chi connectivity index (χ2n) is 8.97. The lowest BCUT2D eigenvalue weighted by molar-refractivity contribution is 0.124. The standard InChI is InChI=1S/C28H28N4O3/c1-19-3-6-23-25(29-19)8-9-26-28(23)35-22(18-34-26)11-12-31-13-15-32(16-14-31)27-10-4-20-17-21(33-2)5-7-24(20)30-27/h3-12,17,22H,13-16,18H2,1-2H3/b12-11+. The maximum Gasteiger partial charge on any atom is 0.171 e. The van der Waals surface area contributed by atoms with Crippen molar-refractivity contribution in [2.45, 2.75) is 13.0 Å². The molecule has 0 bridgehead atoms. The van der Waals surface area contributed by atoms with E-state index in [-0.39, 0.29) is 6.10 Å². The van der Waals surface area contributed by atoms with Gasteiger partial charge in [0.15, 0.2) is 17.6 Å². The molecule has 1 atom stereocenters. The predicted molar refractivity (Wildman–Crippen MR) is 138 cm³/mol. The zero-order valence-electron chi connectivity index (χ0n) is 20.0. The minimum absolute atomic E-state index is 0.133. The molecule has 0 aliphatic carbocycles. The van der Waals surface area contributed by atoms with Gasteiger partial charge in [-0.25, -0.2) is 4.98 Å². The SMILES string of the molecule is COc1ccc2nc(N3CCN(/C=C/C4COc5ccc6nc(C)ccc6c5O4)CC3)ccc2c1. The summed E-state index contributed by atoms with van der Waals surface area (Å²) in [6.07, 6.45) is 4.11. The second kappa shape index (κ2) is 8.98. The van der Waals surface area contributed by atoms with Crippen molar-refractivity contribution in [3.63, 3.8) is 0 Å². The molecule has 7 nitrogen and oxygen atoms in total. The third-order valence-electron chi connectivity index (χ3n) is 6.63. The van der Waals surface area contributed by atoms with Crippen molar-refractivity contribution in [3.05, 3.63) is 72.6 Å². The van der Waals surface area contributed by atoms with Crippen LogP contribution in [0.5, 0.6) is 17.2 Å². The number of ether oxygens (including phenoxy) is 3. The van der Waals surface area contributed by atoms with E-state index in [2.05, 4.69) is 45.3 Å². The van der Waals surface area contributed by atoms with Crippen LogP contribution in [0.25, 0.3) is 21.8 Å². The highest BCUT2D eigenvalue weighted by Crippen LogP contribution is 2.38. The van der Waals surface area contributed by atoms with E-state index in [1.165, 1.54) is 0 Å². The maximum absolute atomic E-state index is 6.32. The first-order valence-electron chi connectivity index (χ1n) is 12.0. The summed E-state index contributed by atoms with van der Waals surface area (Å²) in [5, 5.41) is 2.07. The fourth-order valence-corrected chi connectivity index (χ4v) is 4.66. The minimum atomic E-state index is -0.133. The van der Waals surface area contributed by atoms with Crippen LogP contribution in [0.1, 0.15) is 5.69 Å². The smallest absolute Gasteiger partial charge is 0.171 e. The molecule has 0 amide bonds. The molecule has 4 heterocycles. The Labute approximate surface area is 204 Å². The molecule has 0 radical (unpaired) electrons. The summed E-state index contributed by atoms with van der Waals surface area (Å²) in [5.74, 6) is 3.43. The number of aryl methyl sites for hydroxylation is 1. The Kier molecular flexibility index (Phi) is 5.52. The van der Waals surface area contributed by atoms with Gasteiger partial charge < -0.3 is 24.0 Å².